The monoisotopic (exact) mass is 403 g/mol. The van der Waals surface area contributed by atoms with Crippen molar-refractivity contribution in [1.82, 2.24) is 4.90 Å². The Morgan fingerprint density at radius 1 is 1.25 bits per heavy atom. The molecule has 0 aromatic heterocycles. The van der Waals surface area contributed by atoms with Gasteiger partial charge in [0, 0.05) is 24.9 Å². The first-order chi connectivity index (χ1) is 13.0. The fourth-order valence-electron chi connectivity index (χ4n) is 4.33. The molecule has 0 amide bonds. The highest BCUT2D eigenvalue weighted by molar-refractivity contribution is 6.74. The Bertz CT molecular complexity index is 728. The molecule has 4 atom stereocenters. The maximum Gasteiger partial charge on any atom is 0.320 e. The van der Waals surface area contributed by atoms with Gasteiger partial charge in [0.2, 0.25) is 0 Å². The van der Waals surface area contributed by atoms with Crippen LogP contribution < -0.4 is 0 Å². The largest absolute Gasteiger partial charge is 0.480 e. The Hall–Kier alpha value is -1.50. The average molecular weight is 404 g/mol. The Labute approximate surface area is 169 Å². The number of carbonyl (C=O) groups excluding carboxylic acids is 1. The van der Waals surface area contributed by atoms with E-state index in [1.165, 1.54) is 0 Å². The van der Waals surface area contributed by atoms with E-state index in [4.69, 9.17) is 4.43 Å². The molecule has 5 nitrogen and oxygen atoms in total. The minimum atomic E-state index is -2.03. The summed E-state index contributed by atoms with van der Waals surface area (Å²) in [7, 11) is -2.03. The minimum Gasteiger partial charge on any atom is -0.480 e. The van der Waals surface area contributed by atoms with Gasteiger partial charge >= 0.3 is 5.97 Å². The SMILES string of the molecule is CC(C)(C)[Si](C)(C)O[C@H]1CCC(=O)[C@@H]2C[C@@H](C(=O)O)N(Cc3ccccc3)[C@H]12. The number of carboxylic acids is 1. The van der Waals surface area contributed by atoms with E-state index in [9.17, 15) is 14.7 Å². The third-order valence-corrected chi connectivity index (χ3v) is 11.4. The lowest BCUT2D eigenvalue weighted by Gasteiger charge is -2.45. The van der Waals surface area contributed by atoms with Gasteiger partial charge in [-0.15, -0.1) is 0 Å². The van der Waals surface area contributed by atoms with Crippen molar-refractivity contribution in [3.63, 3.8) is 0 Å². The summed E-state index contributed by atoms with van der Waals surface area (Å²) < 4.78 is 6.75. The van der Waals surface area contributed by atoms with Gasteiger partial charge in [0.25, 0.3) is 0 Å². The van der Waals surface area contributed by atoms with Gasteiger partial charge in [0.05, 0.1) is 6.10 Å². The van der Waals surface area contributed by atoms with Crippen LogP contribution in [0.3, 0.4) is 0 Å². The number of carboxylic acid groups (broad SMARTS) is 1. The Balaban J connectivity index is 1.93. The molecule has 1 aliphatic carbocycles. The van der Waals surface area contributed by atoms with Gasteiger partial charge in [-0.2, -0.15) is 0 Å². The number of fused-ring (bicyclic) bond motifs is 1. The van der Waals surface area contributed by atoms with Gasteiger partial charge in [0.1, 0.15) is 11.8 Å². The standard InChI is InChI=1S/C22H33NO4Si/c1-22(2,3)28(4,5)27-19-12-11-18(24)16-13-17(21(25)26)23(20(16)19)14-15-9-7-6-8-10-15/h6-10,16-17,19-20H,11-14H2,1-5H3,(H,25,26)/t16-,17-,19-,20-/m0/s1. The molecule has 0 unspecified atom stereocenters. The average Bonchev–Trinajstić information content (AvgIpc) is 2.98. The molecule has 0 spiro atoms. The van der Waals surface area contributed by atoms with Crippen LogP contribution >= 0.6 is 0 Å². The number of carbonyl (C=O) groups is 2. The quantitative estimate of drug-likeness (QED) is 0.750. The van der Waals surface area contributed by atoms with Crippen molar-refractivity contribution in [3.05, 3.63) is 35.9 Å². The third-order valence-electron chi connectivity index (χ3n) is 6.89. The molecule has 0 radical (unpaired) electrons. The van der Waals surface area contributed by atoms with Crippen LogP contribution in [0.15, 0.2) is 30.3 Å². The van der Waals surface area contributed by atoms with Crippen LogP contribution in [0.25, 0.3) is 0 Å². The van der Waals surface area contributed by atoms with Crippen molar-refractivity contribution in [2.24, 2.45) is 5.92 Å². The maximum atomic E-state index is 12.7. The first-order valence-electron chi connectivity index (χ1n) is 10.2. The molecule has 1 N–H and O–H groups in total. The van der Waals surface area contributed by atoms with E-state index in [2.05, 4.69) is 33.9 Å². The van der Waals surface area contributed by atoms with Crippen LogP contribution in [-0.4, -0.2) is 48.3 Å². The van der Waals surface area contributed by atoms with E-state index >= 15 is 0 Å². The van der Waals surface area contributed by atoms with Crippen molar-refractivity contribution in [3.8, 4) is 0 Å². The second-order valence-electron chi connectivity index (χ2n) is 9.77. The number of rotatable bonds is 5. The number of hydrogen-bond acceptors (Lipinski definition) is 4. The fraction of sp³-hybridized carbons (Fsp3) is 0.636. The highest BCUT2D eigenvalue weighted by Gasteiger charge is 2.54. The second kappa shape index (κ2) is 7.73. The van der Waals surface area contributed by atoms with E-state index in [-0.39, 0.29) is 28.9 Å². The van der Waals surface area contributed by atoms with Crippen molar-refractivity contribution < 1.29 is 19.1 Å². The van der Waals surface area contributed by atoms with Gasteiger partial charge in [-0.3, -0.25) is 14.5 Å². The lowest BCUT2D eigenvalue weighted by atomic mass is 9.81. The van der Waals surface area contributed by atoms with Gasteiger partial charge in [-0.05, 0) is 36.5 Å². The summed E-state index contributed by atoms with van der Waals surface area (Å²) in [6, 6.07) is 9.13. The van der Waals surface area contributed by atoms with E-state index in [1.807, 2.05) is 35.2 Å². The molecular weight excluding hydrogens is 370 g/mol. The van der Waals surface area contributed by atoms with Crippen molar-refractivity contribution in [2.75, 3.05) is 0 Å². The normalized spacial score (nSPS) is 29.0. The van der Waals surface area contributed by atoms with Crippen LogP contribution in [0.2, 0.25) is 18.1 Å². The van der Waals surface area contributed by atoms with Crippen LogP contribution in [0, 0.1) is 5.92 Å². The summed E-state index contributed by atoms with van der Waals surface area (Å²) in [5.41, 5.74) is 1.07. The maximum absolute atomic E-state index is 12.7. The summed E-state index contributed by atoms with van der Waals surface area (Å²) >= 11 is 0. The van der Waals surface area contributed by atoms with Gasteiger partial charge in [0.15, 0.2) is 8.32 Å². The molecule has 1 aliphatic heterocycles. The molecule has 2 fully saturated rings. The highest BCUT2D eigenvalue weighted by Crippen LogP contribution is 2.44. The Kier molecular flexibility index (Phi) is 5.85. The number of ketones is 1. The molecule has 28 heavy (non-hydrogen) atoms. The first kappa shape index (κ1) is 21.2. The topological polar surface area (TPSA) is 66.8 Å². The van der Waals surface area contributed by atoms with Gasteiger partial charge in [-0.25, -0.2) is 0 Å². The van der Waals surface area contributed by atoms with Crippen LogP contribution in [0.1, 0.15) is 45.6 Å². The van der Waals surface area contributed by atoms with Gasteiger partial charge < -0.3 is 9.53 Å². The first-order valence-corrected chi connectivity index (χ1v) is 13.1. The van der Waals surface area contributed by atoms with E-state index in [1.54, 1.807) is 0 Å². The molecule has 1 heterocycles. The number of hydrogen-bond donors (Lipinski definition) is 1. The predicted octanol–water partition coefficient (Wildman–Crippen LogP) is 4.08. The molecule has 154 valence electrons. The summed E-state index contributed by atoms with van der Waals surface area (Å²) in [6.45, 7) is 11.6. The molecule has 1 aromatic rings. The summed E-state index contributed by atoms with van der Waals surface area (Å²) in [5.74, 6) is -0.889. The van der Waals surface area contributed by atoms with Crippen molar-refractivity contribution in [2.45, 2.75) is 82.9 Å². The third kappa shape index (κ3) is 4.09. The number of nitrogens with zero attached hydrogens (tertiary/aromatic N) is 1. The smallest absolute Gasteiger partial charge is 0.320 e. The summed E-state index contributed by atoms with van der Waals surface area (Å²) in [6.07, 6.45) is 1.48. The highest BCUT2D eigenvalue weighted by atomic mass is 28.4. The zero-order valence-electron chi connectivity index (χ0n) is 17.6. The number of likely N-dealkylation sites (tertiary alicyclic amines) is 1. The molecule has 1 aromatic carbocycles. The Morgan fingerprint density at radius 2 is 1.89 bits per heavy atom. The minimum absolute atomic E-state index is 0.0685. The number of aliphatic carboxylic acids is 1. The van der Waals surface area contributed by atoms with E-state index < -0.39 is 20.3 Å². The summed E-state index contributed by atoms with van der Waals surface area (Å²) in [5, 5.41) is 9.93. The molecule has 6 heteroatoms. The number of benzene rings is 1. The van der Waals surface area contributed by atoms with Gasteiger partial charge in [-0.1, -0.05) is 51.1 Å². The van der Waals surface area contributed by atoms with Crippen LogP contribution in [0.5, 0.6) is 0 Å². The predicted molar refractivity (Wildman–Crippen MR) is 112 cm³/mol. The van der Waals surface area contributed by atoms with Crippen molar-refractivity contribution >= 4 is 20.1 Å². The Morgan fingerprint density at radius 3 is 2.46 bits per heavy atom. The van der Waals surface area contributed by atoms with Crippen molar-refractivity contribution in [1.29, 1.82) is 0 Å². The molecule has 2 aliphatic rings. The molecule has 0 bridgehead atoms. The molecule has 1 saturated carbocycles. The number of Topliss-reactive ketones (excluding diaryl/α,β-unsaturated/α-hetero) is 1. The molecular formula is C22H33NO4Si. The second-order valence-corrected chi connectivity index (χ2v) is 14.5. The van der Waals surface area contributed by atoms with E-state index in [0.717, 1.165) is 5.56 Å². The molecule has 1 saturated heterocycles. The zero-order valence-corrected chi connectivity index (χ0v) is 18.6. The lowest BCUT2D eigenvalue weighted by molar-refractivity contribution is -0.143. The zero-order chi connectivity index (χ0) is 20.7. The fourth-order valence-corrected chi connectivity index (χ4v) is 5.69. The molecule has 3 rings (SSSR count). The van der Waals surface area contributed by atoms with Crippen LogP contribution in [-0.2, 0) is 20.6 Å². The van der Waals surface area contributed by atoms with Crippen LogP contribution in [0.4, 0.5) is 0 Å². The summed E-state index contributed by atoms with van der Waals surface area (Å²) in [4.78, 5) is 26.7. The lowest BCUT2D eigenvalue weighted by Crippen LogP contribution is -2.55. The van der Waals surface area contributed by atoms with E-state index in [0.29, 0.717) is 25.8 Å².